The van der Waals surface area contributed by atoms with Crippen LogP contribution in [-0.4, -0.2) is 10.0 Å². The average molecular weight is 308 g/mol. The van der Waals surface area contributed by atoms with Crippen molar-refractivity contribution in [2.75, 3.05) is 0 Å². The molecule has 0 fully saturated rings. The smallest absolute Gasteiger partial charge is 0.270 e. The SMILES string of the molecule is C[C@@H](O)c1ccc(OCc2ccc([N+](=O)[O-])cc2Cl)cc1. The molecule has 0 unspecified atom stereocenters. The van der Waals surface area contributed by atoms with Gasteiger partial charge in [0.05, 0.1) is 16.0 Å². The van der Waals surface area contributed by atoms with Gasteiger partial charge in [0, 0.05) is 17.7 Å². The van der Waals surface area contributed by atoms with Gasteiger partial charge < -0.3 is 9.84 Å². The second kappa shape index (κ2) is 6.56. The van der Waals surface area contributed by atoms with Crippen LogP contribution in [0.3, 0.4) is 0 Å². The molecule has 0 heterocycles. The first-order valence-electron chi connectivity index (χ1n) is 6.31. The molecule has 21 heavy (non-hydrogen) atoms. The summed E-state index contributed by atoms with van der Waals surface area (Å²) in [4.78, 5) is 10.1. The fraction of sp³-hybridized carbons (Fsp3) is 0.200. The number of nitro benzene ring substituents is 1. The minimum Gasteiger partial charge on any atom is -0.489 e. The van der Waals surface area contributed by atoms with Gasteiger partial charge in [-0.1, -0.05) is 23.7 Å². The lowest BCUT2D eigenvalue weighted by atomic mass is 10.1. The molecule has 6 heteroatoms. The Morgan fingerprint density at radius 3 is 2.48 bits per heavy atom. The van der Waals surface area contributed by atoms with Gasteiger partial charge in [-0.3, -0.25) is 10.1 Å². The first kappa shape index (κ1) is 15.3. The summed E-state index contributed by atoms with van der Waals surface area (Å²) in [6.45, 7) is 1.90. The molecule has 0 saturated heterocycles. The highest BCUT2D eigenvalue weighted by Crippen LogP contribution is 2.24. The zero-order valence-corrected chi connectivity index (χ0v) is 12.1. The van der Waals surface area contributed by atoms with Gasteiger partial charge >= 0.3 is 0 Å². The number of rotatable bonds is 5. The van der Waals surface area contributed by atoms with Crippen LogP contribution < -0.4 is 4.74 Å². The Morgan fingerprint density at radius 1 is 1.29 bits per heavy atom. The highest BCUT2D eigenvalue weighted by Gasteiger charge is 2.10. The average Bonchev–Trinajstić information content (AvgIpc) is 2.46. The van der Waals surface area contributed by atoms with Crippen molar-refractivity contribution in [3.8, 4) is 5.75 Å². The molecule has 0 aliphatic heterocycles. The van der Waals surface area contributed by atoms with E-state index in [1.54, 1.807) is 37.3 Å². The van der Waals surface area contributed by atoms with Crippen LogP contribution in [0.25, 0.3) is 0 Å². The molecule has 5 nitrogen and oxygen atoms in total. The first-order valence-corrected chi connectivity index (χ1v) is 6.69. The van der Waals surface area contributed by atoms with Crippen molar-refractivity contribution in [1.82, 2.24) is 0 Å². The zero-order chi connectivity index (χ0) is 15.4. The van der Waals surface area contributed by atoms with E-state index in [0.29, 0.717) is 16.3 Å². The Bertz CT molecular complexity index is 641. The number of hydrogen-bond acceptors (Lipinski definition) is 4. The highest BCUT2D eigenvalue weighted by molar-refractivity contribution is 6.31. The monoisotopic (exact) mass is 307 g/mol. The van der Waals surface area contributed by atoms with Crippen molar-refractivity contribution in [2.45, 2.75) is 19.6 Å². The van der Waals surface area contributed by atoms with Gasteiger partial charge in [0.15, 0.2) is 0 Å². The van der Waals surface area contributed by atoms with Crippen molar-refractivity contribution in [1.29, 1.82) is 0 Å². The third kappa shape index (κ3) is 3.93. The molecular formula is C15H14ClNO4. The second-order valence-corrected chi connectivity index (χ2v) is 4.97. The third-order valence-corrected chi connectivity index (χ3v) is 3.36. The first-order chi connectivity index (χ1) is 9.97. The Balaban J connectivity index is 2.04. The number of aliphatic hydroxyl groups excluding tert-OH is 1. The standard InChI is InChI=1S/C15H14ClNO4/c1-10(18)11-3-6-14(7-4-11)21-9-12-2-5-13(17(19)20)8-15(12)16/h2-8,10,18H,9H2,1H3/t10-/m1/s1. The maximum Gasteiger partial charge on any atom is 0.270 e. The fourth-order valence-electron chi connectivity index (χ4n) is 1.77. The van der Waals surface area contributed by atoms with E-state index in [4.69, 9.17) is 16.3 Å². The molecule has 0 aromatic heterocycles. The van der Waals surface area contributed by atoms with E-state index in [0.717, 1.165) is 5.56 Å². The van der Waals surface area contributed by atoms with Gasteiger partial charge in [-0.25, -0.2) is 0 Å². The molecule has 2 aromatic rings. The van der Waals surface area contributed by atoms with Gasteiger partial charge in [0.1, 0.15) is 12.4 Å². The number of benzene rings is 2. The molecule has 1 atom stereocenters. The Hall–Kier alpha value is -2.11. The number of nitrogens with zero attached hydrogens (tertiary/aromatic N) is 1. The summed E-state index contributed by atoms with van der Waals surface area (Å²) >= 11 is 5.99. The zero-order valence-electron chi connectivity index (χ0n) is 11.3. The molecule has 0 radical (unpaired) electrons. The topological polar surface area (TPSA) is 72.6 Å². The van der Waals surface area contributed by atoms with Crippen LogP contribution in [0.15, 0.2) is 42.5 Å². The predicted octanol–water partition coefficient (Wildman–Crippen LogP) is 3.88. The van der Waals surface area contributed by atoms with Crippen molar-refractivity contribution in [3.05, 3.63) is 68.7 Å². The Kier molecular flexibility index (Phi) is 4.77. The molecule has 2 aromatic carbocycles. The number of halogens is 1. The minimum absolute atomic E-state index is 0.0509. The van der Waals surface area contributed by atoms with Gasteiger partial charge in [-0.2, -0.15) is 0 Å². The highest BCUT2D eigenvalue weighted by atomic mass is 35.5. The Morgan fingerprint density at radius 2 is 1.95 bits per heavy atom. The molecule has 0 saturated carbocycles. The lowest BCUT2D eigenvalue weighted by Gasteiger charge is -2.09. The maximum absolute atomic E-state index is 10.6. The van der Waals surface area contributed by atoms with E-state index >= 15 is 0 Å². The lowest BCUT2D eigenvalue weighted by molar-refractivity contribution is -0.384. The molecule has 2 rings (SSSR count). The number of aliphatic hydroxyl groups is 1. The van der Waals surface area contributed by atoms with E-state index in [2.05, 4.69) is 0 Å². The van der Waals surface area contributed by atoms with Gasteiger partial charge in [-0.05, 0) is 30.7 Å². The van der Waals surface area contributed by atoms with Crippen molar-refractivity contribution >= 4 is 17.3 Å². The third-order valence-electron chi connectivity index (χ3n) is 3.00. The Labute approximate surface area is 126 Å². The van der Waals surface area contributed by atoms with Crippen LogP contribution in [0.2, 0.25) is 5.02 Å². The van der Waals surface area contributed by atoms with Crippen LogP contribution in [0, 0.1) is 10.1 Å². The molecule has 0 aliphatic rings. The van der Waals surface area contributed by atoms with E-state index < -0.39 is 11.0 Å². The molecule has 1 N–H and O–H groups in total. The minimum atomic E-state index is -0.525. The molecule has 0 amide bonds. The summed E-state index contributed by atoms with van der Waals surface area (Å²) in [7, 11) is 0. The number of nitro groups is 1. The second-order valence-electron chi connectivity index (χ2n) is 4.57. The molecule has 0 bridgehead atoms. The lowest BCUT2D eigenvalue weighted by Crippen LogP contribution is -1.98. The van der Waals surface area contributed by atoms with E-state index in [1.807, 2.05) is 0 Å². The summed E-state index contributed by atoms with van der Waals surface area (Å²) in [6, 6.07) is 11.3. The van der Waals surface area contributed by atoms with Crippen LogP contribution >= 0.6 is 11.6 Å². The maximum atomic E-state index is 10.6. The van der Waals surface area contributed by atoms with Crippen molar-refractivity contribution < 1.29 is 14.8 Å². The number of hydrogen-bond donors (Lipinski definition) is 1. The molecular weight excluding hydrogens is 294 g/mol. The van der Waals surface area contributed by atoms with Crippen LogP contribution in [-0.2, 0) is 6.61 Å². The predicted molar refractivity (Wildman–Crippen MR) is 79.5 cm³/mol. The molecule has 0 spiro atoms. The van der Waals surface area contributed by atoms with E-state index in [-0.39, 0.29) is 12.3 Å². The largest absolute Gasteiger partial charge is 0.489 e. The van der Waals surface area contributed by atoms with Gasteiger partial charge in [0.2, 0.25) is 0 Å². The van der Waals surface area contributed by atoms with Crippen LogP contribution in [0.4, 0.5) is 5.69 Å². The summed E-state index contributed by atoms with van der Waals surface area (Å²) < 4.78 is 5.57. The normalized spacial score (nSPS) is 12.0. The van der Waals surface area contributed by atoms with Gasteiger partial charge in [0.25, 0.3) is 5.69 Å². The van der Waals surface area contributed by atoms with Crippen LogP contribution in [0.1, 0.15) is 24.2 Å². The van der Waals surface area contributed by atoms with Crippen molar-refractivity contribution in [3.63, 3.8) is 0 Å². The van der Waals surface area contributed by atoms with E-state index in [9.17, 15) is 15.2 Å². The fourth-order valence-corrected chi connectivity index (χ4v) is 2.00. The van der Waals surface area contributed by atoms with Crippen molar-refractivity contribution in [2.24, 2.45) is 0 Å². The van der Waals surface area contributed by atoms with Gasteiger partial charge in [-0.15, -0.1) is 0 Å². The molecule has 110 valence electrons. The number of ether oxygens (including phenoxy) is 1. The van der Waals surface area contributed by atoms with Crippen LogP contribution in [0.5, 0.6) is 5.75 Å². The summed E-state index contributed by atoms with van der Waals surface area (Å²) in [5.74, 6) is 0.633. The number of non-ortho nitro benzene ring substituents is 1. The molecule has 0 aliphatic carbocycles. The summed E-state index contributed by atoms with van der Waals surface area (Å²) in [5.41, 5.74) is 1.42. The summed E-state index contributed by atoms with van der Waals surface area (Å²) in [5, 5.41) is 20.3. The summed E-state index contributed by atoms with van der Waals surface area (Å²) in [6.07, 6.45) is -0.525. The quantitative estimate of drug-likeness (QED) is 0.672. The van der Waals surface area contributed by atoms with E-state index in [1.165, 1.54) is 12.1 Å².